The molecule has 0 saturated carbocycles. The van der Waals surface area contributed by atoms with Crippen molar-refractivity contribution in [2.75, 3.05) is 0 Å². The molecule has 0 heterocycles. The zero-order chi connectivity index (χ0) is 6.69. The van der Waals surface area contributed by atoms with Gasteiger partial charge in [0.2, 0.25) is 0 Å². The van der Waals surface area contributed by atoms with Crippen LogP contribution in [0.5, 0.6) is 0 Å². The van der Waals surface area contributed by atoms with Crippen LogP contribution in [0.2, 0.25) is 0 Å². The molecule has 0 amide bonds. The number of rotatable bonds is 2. The van der Waals surface area contributed by atoms with Crippen molar-refractivity contribution in [2.24, 2.45) is 0 Å². The van der Waals surface area contributed by atoms with E-state index in [2.05, 4.69) is 37.8 Å². The highest BCUT2D eigenvalue weighted by Gasteiger charge is 2.10. The van der Waals surface area contributed by atoms with E-state index in [-0.39, 0.29) is 0 Å². The molecule has 0 aromatic carbocycles. The molecular formula is C8H14S. The summed E-state index contributed by atoms with van der Waals surface area (Å²) in [6, 6.07) is 0. The first kappa shape index (κ1) is 7.20. The smallest absolute Gasteiger partial charge is 0.0232 e. The Labute approximate surface area is 61.7 Å². The van der Waals surface area contributed by atoms with Crippen LogP contribution in [-0.4, -0.2) is 10.5 Å². The van der Waals surface area contributed by atoms with Gasteiger partial charge in [0.15, 0.2) is 0 Å². The van der Waals surface area contributed by atoms with Gasteiger partial charge < -0.3 is 0 Å². The maximum atomic E-state index is 2.34. The van der Waals surface area contributed by atoms with E-state index in [0.29, 0.717) is 0 Å². The van der Waals surface area contributed by atoms with Crippen LogP contribution in [0.25, 0.3) is 0 Å². The molecule has 1 heteroatoms. The number of hydrogen-bond donors (Lipinski definition) is 0. The normalized spacial score (nSPS) is 25.9. The Kier molecular flexibility index (Phi) is 2.65. The number of allylic oxidation sites excluding steroid dienone is 1. The molecule has 0 aliphatic heterocycles. The van der Waals surface area contributed by atoms with Gasteiger partial charge >= 0.3 is 0 Å². The Bertz CT molecular complexity index is 105. The summed E-state index contributed by atoms with van der Waals surface area (Å²) < 4.78 is 0. The van der Waals surface area contributed by atoms with Crippen LogP contribution in [0, 0.1) is 0 Å². The molecular weight excluding hydrogens is 128 g/mol. The standard InChI is InChI=1S/C8H14S/c1-7(2)9-8-5-3-4-6-8/h3,5,7-8H,4,6H2,1-2H3. The second kappa shape index (κ2) is 3.31. The number of hydrogen-bond acceptors (Lipinski definition) is 1. The highest BCUT2D eigenvalue weighted by molar-refractivity contribution is 8.00. The molecule has 0 saturated heterocycles. The molecule has 52 valence electrons. The molecule has 0 radical (unpaired) electrons. The zero-order valence-corrected chi connectivity index (χ0v) is 6.95. The minimum atomic E-state index is 0.790. The summed E-state index contributed by atoms with van der Waals surface area (Å²) in [6.45, 7) is 4.52. The van der Waals surface area contributed by atoms with Gasteiger partial charge in [0.05, 0.1) is 0 Å². The summed E-state index contributed by atoms with van der Waals surface area (Å²) >= 11 is 2.08. The lowest BCUT2D eigenvalue weighted by atomic mass is 10.4. The third-order valence-corrected chi connectivity index (χ3v) is 2.70. The lowest BCUT2D eigenvalue weighted by molar-refractivity contribution is 0.934. The predicted molar refractivity (Wildman–Crippen MR) is 44.9 cm³/mol. The molecule has 1 aliphatic carbocycles. The van der Waals surface area contributed by atoms with Crippen LogP contribution < -0.4 is 0 Å². The summed E-state index contributed by atoms with van der Waals surface area (Å²) in [5.41, 5.74) is 0. The molecule has 0 nitrogen and oxygen atoms in total. The summed E-state index contributed by atoms with van der Waals surface area (Å²) in [4.78, 5) is 0. The van der Waals surface area contributed by atoms with Gasteiger partial charge in [-0.1, -0.05) is 26.0 Å². The Balaban J connectivity index is 2.20. The molecule has 9 heavy (non-hydrogen) atoms. The Morgan fingerprint density at radius 3 is 2.78 bits per heavy atom. The van der Waals surface area contributed by atoms with Gasteiger partial charge in [-0.15, -0.1) is 0 Å². The zero-order valence-electron chi connectivity index (χ0n) is 6.13. The molecule has 0 aromatic heterocycles. The van der Waals surface area contributed by atoms with Crippen molar-refractivity contribution >= 4 is 11.8 Å². The van der Waals surface area contributed by atoms with Gasteiger partial charge in [-0.25, -0.2) is 0 Å². The Hall–Kier alpha value is 0.0900. The van der Waals surface area contributed by atoms with Gasteiger partial charge in [-0.3, -0.25) is 0 Å². The fourth-order valence-electron chi connectivity index (χ4n) is 1.07. The average molecular weight is 142 g/mol. The second-order valence-corrected chi connectivity index (χ2v) is 4.55. The largest absolute Gasteiger partial charge is 0.152 e. The van der Waals surface area contributed by atoms with E-state index in [1.807, 2.05) is 0 Å². The molecule has 0 fully saturated rings. The topological polar surface area (TPSA) is 0 Å². The Morgan fingerprint density at radius 2 is 2.33 bits per heavy atom. The van der Waals surface area contributed by atoms with Crippen LogP contribution in [0.15, 0.2) is 12.2 Å². The lowest BCUT2D eigenvalue weighted by Gasteiger charge is -2.09. The van der Waals surface area contributed by atoms with E-state index in [1.165, 1.54) is 12.8 Å². The number of thioether (sulfide) groups is 1. The van der Waals surface area contributed by atoms with E-state index >= 15 is 0 Å². The van der Waals surface area contributed by atoms with Crippen LogP contribution >= 0.6 is 11.8 Å². The molecule has 1 rings (SSSR count). The van der Waals surface area contributed by atoms with E-state index in [4.69, 9.17) is 0 Å². The molecule has 1 atom stereocenters. The first-order valence-electron chi connectivity index (χ1n) is 3.61. The van der Waals surface area contributed by atoms with Crippen LogP contribution in [-0.2, 0) is 0 Å². The maximum absolute atomic E-state index is 2.34. The van der Waals surface area contributed by atoms with Crippen molar-refractivity contribution in [1.82, 2.24) is 0 Å². The quantitative estimate of drug-likeness (QED) is 0.534. The van der Waals surface area contributed by atoms with Gasteiger partial charge in [0.25, 0.3) is 0 Å². The van der Waals surface area contributed by atoms with Gasteiger partial charge in [0.1, 0.15) is 0 Å². The van der Waals surface area contributed by atoms with E-state index in [1.54, 1.807) is 0 Å². The molecule has 1 unspecified atom stereocenters. The molecule has 1 aliphatic rings. The van der Waals surface area contributed by atoms with Crippen molar-refractivity contribution < 1.29 is 0 Å². The van der Waals surface area contributed by atoms with E-state index in [0.717, 1.165) is 10.5 Å². The monoisotopic (exact) mass is 142 g/mol. The second-order valence-electron chi connectivity index (χ2n) is 2.73. The third kappa shape index (κ3) is 2.44. The SMILES string of the molecule is CC(C)SC1C=CCC1. The molecule has 0 spiro atoms. The van der Waals surface area contributed by atoms with Crippen molar-refractivity contribution in [1.29, 1.82) is 0 Å². The van der Waals surface area contributed by atoms with Gasteiger partial charge in [0, 0.05) is 5.25 Å². The fraction of sp³-hybridized carbons (Fsp3) is 0.750. The minimum Gasteiger partial charge on any atom is -0.152 e. The lowest BCUT2D eigenvalue weighted by Crippen LogP contribution is -1.98. The third-order valence-electron chi connectivity index (χ3n) is 1.42. The molecule has 0 aromatic rings. The van der Waals surface area contributed by atoms with Crippen molar-refractivity contribution in [3.63, 3.8) is 0 Å². The van der Waals surface area contributed by atoms with Crippen LogP contribution in [0.3, 0.4) is 0 Å². The summed E-state index contributed by atoms with van der Waals surface area (Å²) in [6.07, 6.45) is 7.29. The molecule has 0 N–H and O–H groups in total. The van der Waals surface area contributed by atoms with E-state index < -0.39 is 0 Å². The van der Waals surface area contributed by atoms with Crippen LogP contribution in [0.1, 0.15) is 26.7 Å². The van der Waals surface area contributed by atoms with Gasteiger partial charge in [-0.05, 0) is 18.1 Å². The summed E-state index contributed by atoms with van der Waals surface area (Å²) in [5, 5.41) is 1.61. The molecule has 0 bridgehead atoms. The predicted octanol–water partition coefficient (Wildman–Crippen LogP) is 2.85. The van der Waals surface area contributed by atoms with Crippen molar-refractivity contribution in [3.05, 3.63) is 12.2 Å². The summed E-state index contributed by atoms with van der Waals surface area (Å²) in [5.74, 6) is 0. The minimum absolute atomic E-state index is 0.790. The van der Waals surface area contributed by atoms with E-state index in [9.17, 15) is 0 Å². The van der Waals surface area contributed by atoms with Crippen molar-refractivity contribution in [2.45, 2.75) is 37.2 Å². The highest BCUT2D eigenvalue weighted by atomic mass is 32.2. The first-order valence-corrected chi connectivity index (χ1v) is 4.55. The summed E-state index contributed by atoms with van der Waals surface area (Å²) in [7, 11) is 0. The van der Waals surface area contributed by atoms with Gasteiger partial charge in [-0.2, -0.15) is 11.8 Å². The maximum Gasteiger partial charge on any atom is 0.0232 e. The average Bonchev–Trinajstić information content (AvgIpc) is 2.15. The Morgan fingerprint density at radius 1 is 1.56 bits per heavy atom. The van der Waals surface area contributed by atoms with Crippen molar-refractivity contribution in [3.8, 4) is 0 Å². The fourth-order valence-corrected chi connectivity index (χ4v) is 2.24. The first-order chi connectivity index (χ1) is 4.29. The van der Waals surface area contributed by atoms with Crippen LogP contribution in [0.4, 0.5) is 0 Å². The highest BCUT2D eigenvalue weighted by Crippen LogP contribution is 2.26.